The van der Waals surface area contributed by atoms with E-state index in [0.717, 1.165) is 24.3 Å². The zero-order valence-corrected chi connectivity index (χ0v) is 22.7. The topological polar surface area (TPSA) is 62.3 Å². The van der Waals surface area contributed by atoms with Gasteiger partial charge in [-0.25, -0.2) is 17.2 Å². The second-order valence-corrected chi connectivity index (χ2v) is 12.2. The molecular formula is C27H27ClF5N3O2S. The molecule has 12 heteroatoms. The third-order valence-electron chi connectivity index (χ3n) is 7.01. The van der Waals surface area contributed by atoms with Crippen molar-refractivity contribution in [3.63, 3.8) is 0 Å². The Bertz CT molecular complexity index is 1440. The highest BCUT2D eigenvalue weighted by atomic mass is 35.5. The number of pyridine rings is 1. The Labute approximate surface area is 228 Å². The van der Waals surface area contributed by atoms with Crippen LogP contribution >= 0.6 is 11.6 Å². The highest BCUT2D eigenvalue weighted by Crippen LogP contribution is 2.40. The molecule has 0 unspecified atom stereocenters. The number of rotatable bonds is 7. The lowest BCUT2D eigenvalue weighted by atomic mass is 9.78. The largest absolute Gasteiger partial charge is 0.419 e. The minimum absolute atomic E-state index is 0.0176. The molecule has 1 heterocycles. The first-order valence-corrected chi connectivity index (χ1v) is 14.2. The van der Waals surface area contributed by atoms with Gasteiger partial charge in [-0.15, -0.1) is 0 Å². The second kappa shape index (κ2) is 11.4. The number of nitrogens with zero attached hydrogens (tertiary/aromatic N) is 2. The Hall–Kier alpha value is -2.76. The van der Waals surface area contributed by atoms with Gasteiger partial charge in [0.15, 0.2) is 9.84 Å². The molecule has 1 N–H and O–H groups in total. The van der Waals surface area contributed by atoms with E-state index in [-0.39, 0.29) is 34.4 Å². The maximum Gasteiger partial charge on any atom is 0.419 e. The number of sulfone groups is 1. The van der Waals surface area contributed by atoms with Crippen molar-refractivity contribution >= 4 is 27.1 Å². The molecule has 3 atom stereocenters. The van der Waals surface area contributed by atoms with Gasteiger partial charge < -0.3 is 10.2 Å². The van der Waals surface area contributed by atoms with Crippen LogP contribution in [0.3, 0.4) is 0 Å². The minimum Gasteiger partial charge on any atom is -0.379 e. The van der Waals surface area contributed by atoms with Crippen molar-refractivity contribution in [3.8, 4) is 0 Å². The molecule has 0 radical (unpaired) electrons. The number of halogens is 6. The molecule has 3 aromatic rings. The van der Waals surface area contributed by atoms with Gasteiger partial charge in [-0.1, -0.05) is 23.7 Å². The fourth-order valence-electron chi connectivity index (χ4n) is 5.04. The van der Waals surface area contributed by atoms with E-state index < -0.39 is 43.9 Å². The van der Waals surface area contributed by atoms with Gasteiger partial charge in [0.05, 0.1) is 27.7 Å². The van der Waals surface area contributed by atoms with Gasteiger partial charge >= 0.3 is 6.18 Å². The molecule has 0 bridgehead atoms. The van der Waals surface area contributed by atoms with Gasteiger partial charge in [-0.3, -0.25) is 4.98 Å². The molecule has 0 spiro atoms. The number of hydrogen-bond acceptors (Lipinski definition) is 5. The molecule has 1 aliphatic rings. The summed E-state index contributed by atoms with van der Waals surface area (Å²) in [6.07, 6.45) is -1.88. The standard InChI is InChI=1S/C27H27ClF5N3O2S/c1-36(2)25-12-17(16-6-8-21(29)19(11-16)27(31,32)33)7-9-23(25)35-24-14-22(30)26(13-20(24)28)39(37,38)15-18-5-3-4-10-34-18/h3-6,8,10-11,13-14,17,23,25,35H,7,9,12,15H2,1-2H3/t17-,23-,25-/m0/s1. The van der Waals surface area contributed by atoms with E-state index in [1.807, 2.05) is 19.0 Å². The number of likely N-dealkylation sites (N-methyl/N-ethyl adjacent to an activating group) is 1. The van der Waals surface area contributed by atoms with Gasteiger partial charge in [-0.05, 0) is 81.2 Å². The number of aromatic nitrogens is 1. The van der Waals surface area contributed by atoms with Crippen LogP contribution in [0.4, 0.5) is 27.6 Å². The highest BCUT2D eigenvalue weighted by Gasteiger charge is 2.37. The van der Waals surface area contributed by atoms with E-state index in [0.29, 0.717) is 24.8 Å². The zero-order valence-electron chi connectivity index (χ0n) is 21.1. The van der Waals surface area contributed by atoms with Crippen LogP contribution in [0.25, 0.3) is 0 Å². The predicted octanol–water partition coefficient (Wildman–Crippen LogP) is 6.68. The molecule has 39 heavy (non-hydrogen) atoms. The summed E-state index contributed by atoms with van der Waals surface area (Å²) in [4.78, 5) is 5.36. The fourth-order valence-corrected chi connectivity index (χ4v) is 6.69. The van der Waals surface area contributed by atoms with E-state index in [9.17, 15) is 26.0 Å². The van der Waals surface area contributed by atoms with Crippen molar-refractivity contribution in [2.75, 3.05) is 19.4 Å². The van der Waals surface area contributed by atoms with Crippen LogP contribution < -0.4 is 5.32 Å². The minimum atomic E-state index is -4.79. The molecule has 1 aromatic heterocycles. The monoisotopic (exact) mass is 587 g/mol. The van der Waals surface area contributed by atoms with E-state index in [1.165, 1.54) is 18.3 Å². The average molecular weight is 588 g/mol. The van der Waals surface area contributed by atoms with Crippen molar-refractivity contribution < 1.29 is 30.4 Å². The van der Waals surface area contributed by atoms with Crippen LogP contribution in [0.1, 0.15) is 42.0 Å². The van der Waals surface area contributed by atoms with E-state index in [4.69, 9.17) is 11.6 Å². The Morgan fingerprint density at radius 1 is 1.05 bits per heavy atom. The lowest BCUT2D eigenvalue weighted by molar-refractivity contribution is -0.140. The molecule has 0 amide bonds. The van der Waals surface area contributed by atoms with E-state index >= 15 is 4.39 Å². The van der Waals surface area contributed by atoms with Crippen molar-refractivity contribution in [1.82, 2.24) is 9.88 Å². The first-order valence-electron chi connectivity index (χ1n) is 12.2. The van der Waals surface area contributed by atoms with Gasteiger partial charge in [0, 0.05) is 18.3 Å². The first-order chi connectivity index (χ1) is 18.3. The third kappa shape index (κ3) is 6.70. The molecule has 1 aliphatic carbocycles. The lowest BCUT2D eigenvalue weighted by Gasteiger charge is -2.41. The summed E-state index contributed by atoms with van der Waals surface area (Å²) < 4.78 is 94.3. The number of alkyl halides is 3. The van der Waals surface area contributed by atoms with Crippen molar-refractivity contribution in [3.05, 3.63) is 88.2 Å². The fraction of sp³-hybridized carbons (Fsp3) is 0.370. The van der Waals surface area contributed by atoms with Crippen molar-refractivity contribution in [2.24, 2.45) is 0 Å². The van der Waals surface area contributed by atoms with E-state index in [2.05, 4.69) is 10.3 Å². The normalized spacial score (nSPS) is 20.3. The average Bonchev–Trinajstić information content (AvgIpc) is 2.86. The summed E-state index contributed by atoms with van der Waals surface area (Å²) in [5, 5.41) is 3.22. The Balaban J connectivity index is 1.53. The second-order valence-electron chi connectivity index (χ2n) is 9.87. The maximum absolute atomic E-state index is 15.1. The quantitative estimate of drug-likeness (QED) is 0.312. The number of nitrogens with one attached hydrogen (secondary N) is 1. The molecule has 0 aliphatic heterocycles. The Morgan fingerprint density at radius 2 is 1.79 bits per heavy atom. The van der Waals surface area contributed by atoms with Crippen molar-refractivity contribution in [2.45, 2.75) is 54.1 Å². The number of benzene rings is 2. The molecule has 2 aromatic carbocycles. The van der Waals surface area contributed by atoms with E-state index in [1.54, 1.807) is 12.1 Å². The summed E-state index contributed by atoms with van der Waals surface area (Å²) in [6.45, 7) is 0. The van der Waals surface area contributed by atoms with Crippen LogP contribution in [-0.2, 0) is 21.8 Å². The summed E-state index contributed by atoms with van der Waals surface area (Å²) in [7, 11) is -0.416. The molecule has 0 saturated heterocycles. The van der Waals surface area contributed by atoms with Crippen LogP contribution in [0.2, 0.25) is 5.02 Å². The Kier molecular flexibility index (Phi) is 8.53. The van der Waals surface area contributed by atoms with Crippen LogP contribution in [0, 0.1) is 11.6 Å². The van der Waals surface area contributed by atoms with Gasteiger partial charge in [0.25, 0.3) is 0 Å². The molecule has 5 nitrogen and oxygen atoms in total. The summed E-state index contributed by atoms with van der Waals surface area (Å²) in [5.74, 6) is -3.00. The number of anilines is 1. The van der Waals surface area contributed by atoms with Gasteiger partial charge in [0.1, 0.15) is 16.5 Å². The number of hydrogen-bond donors (Lipinski definition) is 1. The summed E-state index contributed by atoms with van der Waals surface area (Å²) >= 11 is 6.39. The SMILES string of the molecule is CN(C)[C@H]1C[C@@H](c2ccc(F)c(C(F)(F)F)c2)CC[C@@H]1Nc1cc(F)c(S(=O)(=O)Cc2ccccn2)cc1Cl. The molecule has 4 rings (SSSR count). The molecular weight excluding hydrogens is 561 g/mol. The third-order valence-corrected chi connectivity index (χ3v) is 8.98. The Morgan fingerprint density at radius 3 is 2.44 bits per heavy atom. The predicted molar refractivity (Wildman–Crippen MR) is 139 cm³/mol. The van der Waals surface area contributed by atoms with Crippen LogP contribution in [-0.4, -0.2) is 44.5 Å². The summed E-state index contributed by atoms with van der Waals surface area (Å²) in [6, 6.07) is 9.58. The highest BCUT2D eigenvalue weighted by molar-refractivity contribution is 7.90. The smallest absolute Gasteiger partial charge is 0.379 e. The van der Waals surface area contributed by atoms with Crippen LogP contribution in [0.15, 0.2) is 59.6 Å². The zero-order chi connectivity index (χ0) is 28.5. The van der Waals surface area contributed by atoms with Gasteiger partial charge in [-0.2, -0.15) is 13.2 Å². The molecule has 1 saturated carbocycles. The van der Waals surface area contributed by atoms with Crippen LogP contribution in [0.5, 0.6) is 0 Å². The molecule has 210 valence electrons. The van der Waals surface area contributed by atoms with Crippen molar-refractivity contribution in [1.29, 1.82) is 0 Å². The molecule has 1 fully saturated rings. The summed E-state index contributed by atoms with van der Waals surface area (Å²) in [5.41, 5.74) is -0.408. The maximum atomic E-state index is 15.1. The lowest BCUT2D eigenvalue weighted by Crippen LogP contribution is -2.47. The first kappa shape index (κ1) is 29.2. The van der Waals surface area contributed by atoms with Gasteiger partial charge in [0.2, 0.25) is 0 Å².